The quantitative estimate of drug-likeness (QED) is 0.239. The number of aliphatic hydroxyl groups is 1. The summed E-state index contributed by atoms with van der Waals surface area (Å²) in [5.41, 5.74) is 1.29. The molecule has 0 saturated carbocycles. The fourth-order valence-electron chi connectivity index (χ4n) is 4.84. The molecule has 37 heavy (non-hydrogen) atoms. The number of benzene rings is 3. The van der Waals surface area contributed by atoms with Crippen LogP contribution in [0.25, 0.3) is 16.5 Å². The molecule has 1 aliphatic heterocycles. The number of ether oxygens (including phenoxy) is 2. The molecule has 1 heterocycles. The number of fused-ring (bicyclic) bond motifs is 1. The van der Waals surface area contributed by atoms with E-state index in [1.54, 1.807) is 18.1 Å². The molecule has 3 aromatic rings. The summed E-state index contributed by atoms with van der Waals surface area (Å²) in [7, 11) is 1.61. The maximum absolute atomic E-state index is 13.4. The molecule has 194 valence electrons. The molecule has 1 unspecified atom stereocenters. The van der Waals surface area contributed by atoms with Gasteiger partial charge in [0.15, 0.2) is 0 Å². The average molecular weight is 503 g/mol. The van der Waals surface area contributed by atoms with E-state index < -0.39 is 17.7 Å². The van der Waals surface area contributed by atoms with E-state index in [4.69, 9.17) is 9.47 Å². The average Bonchev–Trinajstić information content (AvgIpc) is 3.18. The number of hydrogen-bond donors (Lipinski definition) is 1. The Bertz CT molecular complexity index is 1330. The fraction of sp³-hybridized carbons (Fsp3) is 0.333. The maximum Gasteiger partial charge on any atom is 0.295 e. The van der Waals surface area contributed by atoms with Crippen molar-refractivity contribution in [3.05, 3.63) is 77.4 Å². The molecule has 1 atom stereocenters. The first kappa shape index (κ1) is 26.2. The topological polar surface area (TPSA) is 79.3 Å². The summed E-state index contributed by atoms with van der Waals surface area (Å²) in [5.74, 6) is -0.0931. The van der Waals surface area contributed by atoms with Gasteiger partial charge in [-0.25, -0.2) is 0 Å². The number of hydrogen-bond acceptors (Lipinski definition) is 6. The normalized spacial score (nSPS) is 17.1. The van der Waals surface area contributed by atoms with Gasteiger partial charge in [0.2, 0.25) is 0 Å². The lowest BCUT2D eigenvalue weighted by Gasteiger charge is -2.28. The predicted octanol–water partition coefficient (Wildman–Crippen LogP) is 5.01. The third-order valence-corrected chi connectivity index (χ3v) is 6.90. The molecule has 1 fully saturated rings. The Balaban J connectivity index is 1.82. The lowest BCUT2D eigenvalue weighted by molar-refractivity contribution is -0.140. The molecular weight excluding hydrogens is 468 g/mol. The second-order valence-corrected chi connectivity index (χ2v) is 8.95. The van der Waals surface area contributed by atoms with Crippen molar-refractivity contribution in [1.82, 2.24) is 9.80 Å². The van der Waals surface area contributed by atoms with Gasteiger partial charge in [-0.05, 0) is 66.7 Å². The van der Waals surface area contributed by atoms with Crippen molar-refractivity contribution in [1.29, 1.82) is 0 Å². The van der Waals surface area contributed by atoms with Crippen molar-refractivity contribution in [3.8, 4) is 11.5 Å². The Morgan fingerprint density at radius 3 is 2.38 bits per heavy atom. The van der Waals surface area contributed by atoms with Crippen LogP contribution in [0.3, 0.4) is 0 Å². The number of carbonyl (C=O) groups excluding carboxylic acids is 2. The molecular formula is C30H34N2O5. The van der Waals surface area contributed by atoms with Crippen LogP contribution in [0.5, 0.6) is 11.5 Å². The minimum Gasteiger partial charge on any atom is -0.507 e. The van der Waals surface area contributed by atoms with E-state index in [1.807, 2.05) is 61.5 Å². The number of carbonyl (C=O) groups is 2. The zero-order valence-electron chi connectivity index (χ0n) is 21.9. The van der Waals surface area contributed by atoms with Crippen molar-refractivity contribution in [2.24, 2.45) is 0 Å². The smallest absolute Gasteiger partial charge is 0.295 e. The summed E-state index contributed by atoms with van der Waals surface area (Å²) in [5, 5.41) is 13.3. The number of nitrogens with zero attached hydrogens (tertiary/aromatic N) is 2. The van der Waals surface area contributed by atoms with Crippen molar-refractivity contribution in [2.45, 2.75) is 26.8 Å². The molecule has 3 aromatic carbocycles. The van der Waals surface area contributed by atoms with E-state index >= 15 is 0 Å². The number of methoxy groups -OCH3 is 1. The third-order valence-electron chi connectivity index (χ3n) is 6.90. The maximum atomic E-state index is 13.4. The van der Waals surface area contributed by atoms with Crippen molar-refractivity contribution >= 4 is 28.2 Å². The van der Waals surface area contributed by atoms with E-state index in [-0.39, 0.29) is 11.3 Å². The van der Waals surface area contributed by atoms with Crippen LogP contribution < -0.4 is 9.47 Å². The monoisotopic (exact) mass is 502 g/mol. The van der Waals surface area contributed by atoms with Crippen molar-refractivity contribution in [2.75, 3.05) is 39.9 Å². The molecule has 7 nitrogen and oxygen atoms in total. The van der Waals surface area contributed by atoms with Gasteiger partial charge in [-0.1, -0.05) is 44.2 Å². The summed E-state index contributed by atoms with van der Waals surface area (Å²) in [6.45, 7) is 9.20. The highest BCUT2D eigenvalue weighted by Crippen LogP contribution is 2.40. The molecule has 1 N–H and O–H groups in total. The summed E-state index contributed by atoms with van der Waals surface area (Å²) >= 11 is 0. The molecule has 4 rings (SSSR count). The zero-order valence-corrected chi connectivity index (χ0v) is 21.9. The highest BCUT2D eigenvalue weighted by Gasteiger charge is 2.46. The molecule has 7 heteroatoms. The third kappa shape index (κ3) is 5.32. The first-order valence-corrected chi connectivity index (χ1v) is 12.7. The Hall–Kier alpha value is -3.84. The highest BCUT2D eigenvalue weighted by atomic mass is 16.5. The van der Waals surface area contributed by atoms with Crippen LogP contribution in [0.1, 0.15) is 37.9 Å². The Morgan fingerprint density at radius 2 is 1.68 bits per heavy atom. The van der Waals surface area contributed by atoms with E-state index in [1.165, 1.54) is 0 Å². The van der Waals surface area contributed by atoms with Gasteiger partial charge in [0, 0.05) is 18.7 Å². The van der Waals surface area contributed by atoms with E-state index in [2.05, 4.69) is 18.7 Å². The van der Waals surface area contributed by atoms with E-state index in [0.717, 1.165) is 35.2 Å². The number of rotatable bonds is 10. The Kier molecular flexibility index (Phi) is 8.14. The number of likely N-dealkylation sites (N-methyl/N-ethyl adjacent to an activating group) is 1. The van der Waals surface area contributed by atoms with Gasteiger partial charge in [-0.3, -0.25) is 9.59 Å². The Morgan fingerprint density at radius 1 is 0.946 bits per heavy atom. The van der Waals surface area contributed by atoms with Crippen molar-refractivity contribution in [3.63, 3.8) is 0 Å². The first-order chi connectivity index (χ1) is 17.9. The van der Waals surface area contributed by atoms with Gasteiger partial charge in [0.25, 0.3) is 11.7 Å². The van der Waals surface area contributed by atoms with Gasteiger partial charge in [-0.15, -0.1) is 0 Å². The molecule has 0 bridgehead atoms. The van der Waals surface area contributed by atoms with Crippen LogP contribution in [-0.4, -0.2) is 66.5 Å². The molecule has 0 aromatic heterocycles. The summed E-state index contributed by atoms with van der Waals surface area (Å²) in [6, 6.07) is 17.8. The number of ketones is 1. The summed E-state index contributed by atoms with van der Waals surface area (Å²) in [4.78, 5) is 30.4. The minimum atomic E-state index is -0.720. The second kappa shape index (κ2) is 11.5. The fourth-order valence-corrected chi connectivity index (χ4v) is 4.84. The van der Waals surface area contributed by atoms with Gasteiger partial charge in [0.05, 0.1) is 25.3 Å². The highest BCUT2D eigenvalue weighted by molar-refractivity contribution is 6.46. The molecule has 0 radical (unpaired) electrons. The minimum absolute atomic E-state index is 0.0889. The van der Waals surface area contributed by atoms with Crippen LogP contribution >= 0.6 is 0 Å². The predicted molar refractivity (Wildman–Crippen MR) is 145 cm³/mol. The van der Waals surface area contributed by atoms with Gasteiger partial charge >= 0.3 is 0 Å². The van der Waals surface area contributed by atoms with Gasteiger partial charge in [0.1, 0.15) is 17.3 Å². The number of likely N-dealkylation sites (tertiary alicyclic amines) is 1. The molecule has 1 amide bonds. The summed E-state index contributed by atoms with van der Waals surface area (Å²) < 4.78 is 11.0. The number of Topliss-reactive ketones (excluding diaryl/α,β-unsaturated/α-hetero) is 1. The van der Waals surface area contributed by atoms with Gasteiger partial charge in [-0.2, -0.15) is 0 Å². The van der Waals surface area contributed by atoms with E-state index in [0.29, 0.717) is 31.0 Å². The van der Waals surface area contributed by atoms with Crippen molar-refractivity contribution < 1.29 is 24.2 Å². The number of aliphatic hydroxyl groups excluding tert-OH is 1. The van der Waals surface area contributed by atoms with Crippen LogP contribution in [0.15, 0.2) is 66.2 Å². The second-order valence-electron chi connectivity index (χ2n) is 8.95. The number of amides is 1. The molecule has 0 aliphatic carbocycles. The van der Waals surface area contributed by atoms with Crippen LogP contribution in [0.2, 0.25) is 0 Å². The Labute approximate surface area is 217 Å². The standard InChI is InChI=1S/C30H34N2O5/c1-5-31(6-2)15-16-32-27(22-9-8-10-25(19-22)37-7-3)26(29(34)30(32)35)28(33)23-12-11-21-18-24(36-4)14-13-20(21)17-23/h8-14,17-19,27,33H,5-7,15-16H2,1-4H3/b28-26+. The molecule has 1 saturated heterocycles. The van der Waals surface area contributed by atoms with E-state index in [9.17, 15) is 14.7 Å². The molecule has 0 spiro atoms. The lowest BCUT2D eigenvalue weighted by Crippen LogP contribution is -2.38. The van der Waals surface area contributed by atoms with Crippen LogP contribution in [0.4, 0.5) is 0 Å². The first-order valence-electron chi connectivity index (χ1n) is 12.7. The lowest BCUT2D eigenvalue weighted by atomic mass is 9.94. The van der Waals surface area contributed by atoms with Crippen LogP contribution in [-0.2, 0) is 9.59 Å². The van der Waals surface area contributed by atoms with Gasteiger partial charge < -0.3 is 24.4 Å². The van der Waals surface area contributed by atoms with Crippen LogP contribution in [0, 0.1) is 0 Å². The zero-order chi connectivity index (χ0) is 26.5. The largest absolute Gasteiger partial charge is 0.507 e. The molecule has 1 aliphatic rings. The summed E-state index contributed by atoms with van der Waals surface area (Å²) in [6.07, 6.45) is 0. The SMILES string of the molecule is CCOc1cccc(C2/C(=C(\O)c3ccc4cc(OC)ccc4c3)C(=O)C(=O)N2CCN(CC)CC)c1.